The minimum Gasteiger partial charge on any atom is -0.469 e. The summed E-state index contributed by atoms with van der Waals surface area (Å²) in [7, 11) is 1.42. The summed E-state index contributed by atoms with van der Waals surface area (Å²) in [6.07, 6.45) is 12.7. The predicted molar refractivity (Wildman–Crippen MR) is 86.8 cm³/mol. The number of carbonyl (C=O) groups is 1. The van der Waals surface area contributed by atoms with Crippen LogP contribution in [0.4, 0.5) is 0 Å². The minimum atomic E-state index is -0.156. The number of ether oxygens (including phenoxy) is 1. The molecule has 0 fully saturated rings. The first-order valence-corrected chi connectivity index (χ1v) is 7.70. The van der Waals surface area contributed by atoms with E-state index >= 15 is 0 Å². The standard InChI is InChI=1S/C17H27ClO2/c1-4-5-6-10-16(14-18)13-12-15(2)9-7-8-11-17(19)20-3/h4,7,9,14-15H,1,5-6,8,10-13H2,2-3H3/b9-7+,16-14+/t15-/m1/s1. The Bertz CT molecular complexity index is 332. The molecule has 0 aliphatic rings. The van der Waals surface area contributed by atoms with Crippen LogP contribution in [0, 0.1) is 5.92 Å². The topological polar surface area (TPSA) is 26.3 Å². The van der Waals surface area contributed by atoms with Crippen LogP contribution in [0.15, 0.2) is 35.9 Å². The Morgan fingerprint density at radius 2 is 2.05 bits per heavy atom. The number of hydrogen-bond donors (Lipinski definition) is 0. The van der Waals surface area contributed by atoms with Crippen LogP contribution in [0.2, 0.25) is 0 Å². The minimum absolute atomic E-state index is 0.156. The molecule has 0 N–H and O–H groups in total. The quantitative estimate of drug-likeness (QED) is 0.290. The largest absolute Gasteiger partial charge is 0.469 e. The second-order valence-electron chi connectivity index (χ2n) is 5.01. The molecule has 0 heterocycles. The Labute approximate surface area is 128 Å². The van der Waals surface area contributed by atoms with Gasteiger partial charge in [-0.05, 0) is 44.4 Å². The van der Waals surface area contributed by atoms with Crippen molar-refractivity contribution < 1.29 is 9.53 Å². The molecule has 0 aromatic carbocycles. The van der Waals surface area contributed by atoms with E-state index in [1.807, 2.05) is 6.08 Å². The Morgan fingerprint density at radius 3 is 2.65 bits per heavy atom. The zero-order valence-electron chi connectivity index (χ0n) is 12.7. The first kappa shape index (κ1) is 19.0. The number of rotatable bonds is 11. The van der Waals surface area contributed by atoms with Gasteiger partial charge in [0, 0.05) is 12.0 Å². The Balaban J connectivity index is 3.84. The average Bonchev–Trinajstić information content (AvgIpc) is 2.46. The molecule has 0 spiro atoms. The molecule has 20 heavy (non-hydrogen) atoms. The fourth-order valence-corrected chi connectivity index (χ4v) is 2.07. The summed E-state index contributed by atoms with van der Waals surface area (Å²) in [5.41, 5.74) is 3.03. The van der Waals surface area contributed by atoms with Gasteiger partial charge < -0.3 is 4.74 Å². The van der Waals surface area contributed by atoms with Crippen LogP contribution < -0.4 is 0 Å². The summed E-state index contributed by atoms with van der Waals surface area (Å²) >= 11 is 5.85. The molecular weight excluding hydrogens is 272 g/mol. The van der Waals surface area contributed by atoms with Gasteiger partial charge in [0.15, 0.2) is 0 Å². The molecule has 0 rings (SSSR count). The second-order valence-corrected chi connectivity index (χ2v) is 5.23. The molecule has 0 aromatic heterocycles. The number of allylic oxidation sites excluding steroid dienone is 4. The number of hydrogen-bond acceptors (Lipinski definition) is 2. The number of esters is 1. The molecule has 114 valence electrons. The molecule has 0 aliphatic heterocycles. The van der Waals surface area contributed by atoms with Gasteiger partial charge in [-0.3, -0.25) is 4.79 Å². The number of halogens is 1. The van der Waals surface area contributed by atoms with Crippen molar-refractivity contribution in [3.8, 4) is 0 Å². The van der Waals surface area contributed by atoms with Crippen LogP contribution in [0.1, 0.15) is 51.9 Å². The highest BCUT2D eigenvalue weighted by molar-refractivity contribution is 6.25. The van der Waals surface area contributed by atoms with Crippen molar-refractivity contribution >= 4 is 17.6 Å². The SMILES string of the molecule is C=CCCC/C(=C\Cl)CC[C@H](C)/C=C/CCC(=O)OC. The summed E-state index contributed by atoms with van der Waals surface area (Å²) in [5, 5.41) is 0. The lowest BCUT2D eigenvalue weighted by atomic mass is 9.98. The van der Waals surface area contributed by atoms with Crippen molar-refractivity contribution in [3.63, 3.8) is 0 Å². The van der Waals surface area contributed by atoms with Gasteiger partial charge in [0.1, 0.15) is 0 Å². The van der Waals surface area contributed by atoms with Crippen LogP contribution in [0.5, 0.6) is 0 Å². The van der Waals surface area contributed by atoms with Crippen molar-refractivity contribution in [3.05, 3.63) is 35.9 Å². The molecular formula is C17H27ClO2. The lowest BCUT2D eigenvalue weighted by molar-refractivity contribution is -0.140. The number of methoxy groups -OCH3 is 1. The third-order valence-corrected chi connectivity index (χ3v) is 3.50. The molecule has 0 aromatic rings. The first-order valence-electron chi connectivity index (χ1n) is 7.26. The zero-order chi connectivity index (χ0) is 15.2. The summed E-state index contributed by atoms with van der Waals surface area (Å²) in [5.74, 6) is 0.343. The lowest BCUT2D eigenvalue weighted by Crippen LogP contribution is -1.98. The van der Waals surface area contributed by atoms with E-state index in [0.29, 0.717) is 12.3 Å². The monoisotopic (exact) mass is 298 g/mol. The van der Waals surface area contributed by atoms with Crippen LogP contribution in [-0.4, -0.2) is 13.1 Å². The van der Waals surface area contributed by atoms with Crippen molar-refractivity contribution in [2.45, 2.75) is 51.9 Å². The molecule has 0 unspecified atom stereocenters. The maximum absolute atomic E-state index is 11.0. The summed E-state index contributed by atoms with van der Waals surface area (Å²) < 4.78 is 4.60. The van der Waals surface area contributed by atoms with Crippen LogP contribution >= 0.6 is 11.6 Å². The molecule has 0 bridgehead atoms. The highest BCUT2D eigenvalue weighted by Crippen LogP contribution is 2.19. The lowest BCUT2D eigenvalue weighted by Gasteiger charge is -2.09. The maximum atomic E-state index is 11.0. The van der Waals surface area contributed by atoms with Gasteiger partial charge in [-0.1, -0.05) is 42.3 Å². The Hall–Kier alpha value is -1.02. The van der Waals surface area contributed by atoms with Crippen molar-refractivity contribution in [2.24, 2.45) is 5.92 Å². The average molecular weight is 299 g/mol. The summed E-state index contributed by atoms with van der Waals surface area (Å²) in [6, 6.07) is 0. The second kappa shape index (κ2) is 13.0. The summed E-state index contributed by atoms with van der Waals surface area (Å²) in [6.45, 7) is 5.91. The van der Waals surface area contributed by atoms with E-state index in [4.69, 9.17) is 11.6 Å². The first-order chi connectivity index (χ1) is 9.63. The Morgan fingerprint density at radius 1 is 1.30 bits per heavy atom. The third-order valence-electron chi connectivity index (χ3n) is 3.19. The number of unbranched alkanes of at least 4 members (excludes halogenated alkanes) is 1. The van der Waals surface area contributed by atoms with Gasteiger partial charge in [-0.25, -0.2) is 0 Å². The molecule has 0 amide bonds. The molecule has 0 radical (unpaired) electrons. The smallest absolute Gasteiger partial charge is 0.305 e. The molecule has 0 saturated carbocycles. The van der Waals surface area contributed by atoms with E-state index in [1.165, 1.54) is 12.7 Å². The van der Waals surface area contributed by atoms with Gasteiger partial charge in [0.2, 0.25) is 0 Å². The van der Waals surface area contributed by atoms with Crippen LogP contribution in [0.3, 0.4) is 0 Å². The van der Waals surface area contributed by atoms with E-state index in [2.05, 4.69) is 30.4 Å². The third kappa shape index (κ3) is 10.9. The molecule has 2 nitrogen and oxygen atoms in total. The summed E-state index contributed by atoms with van der Waals surface area (Å²) in [4.78, 5) is 11.0. The normalized spacial score (nSPS) is 13.4. The van der Waals surface area contributed by atoms with Crippen molar-refractivity contribution in [1.29, 1.82) is 0 Å². The van der Waals surface area contributed by atoms with E-state index in [9.17, 15) is 4.79 Å². The molecule has 1 atom stereocenters. The maximum Gasteiger partial charge on any atom is 0.305 e. The van der Waals surface area contributed by atoms with Gasteiger partial charge >= 0.3 is 5.97 Å². The van der Waals surface area contributed by atoms with Crippen molar-refractivity contribution in [2.75, 3.05) is 7.11 Å². The number of carbonyl (C=O) groups excluding carboxylic acids is 1. The van der Waals surface area contributed by atoms with E-state index in [1.54, 1.807) is 5.54 Å². The highest BCUT2D eigenvalue weighted by atomic mass is 35.5. The van der Waals surface area contributed by atoms with Crippen LogP contribution in [-0.2, 0) is 9.53 Å². The van der Waals surface area contributed by atoms with Gasteiger partial charge in [-0.15, -0.1) is 6.58 Å². The fraction of sp³-hybridized carbons (Fsp3) is 0.588. The van der Waals surface area contributed by atoms with E-state index in [-0.39, 0.29) is 5.97 Å². The molecule has 3 heteroatoms. The van der Waals surface area contributed by atoms with Gasteiger partial charge in [-0.2, -0.15) is 0 Å². The Kier molecular flexibility index (Phi) is 12.3. The van der Waals surface area contributed by atoms with Crippen molar-refractivity contribution in [1.82, 2.24) is 0 Å². The van der Waals surface area contributed by atoms with Gasteiger partial charge in [0.05, 0.1) is 7.11 Å². The fourth-order valence-electron chi connectivity index (χ4n) is 1.85. The van der Waals surface area contributed by atoms with E-state index in [0.717, 1.165) is 38.5 Å². The zero-order valence-corrected chi connectivity index (χ0v) is 13.5. The highest BCUT2D eigenvalue weighted by Gasteiger charge is 2.02. The van der Waals surface area contributed by atoms with Gasteiger partial charge in [0.25, 0.3) is 0 Å². The van der Waals surface area contributed by atoms with Crippen LogP contribution in [0.25, 0.3) is 0 Å². The van der Waals surface area contributed by atoms with E-state index < -0.39 is 0 Å². The molecule has 0 aliphatic carbocycles. The predicted octanol–water partition coefficient (Wildman–Crippen LogP) is 5.39. The molecule has 0 saturated heterocycles.